The van der Waals surface area contributed by atoms with Gasteiger partial charge < -0.3 is 20.7 Å². The van der Waals surface area contributed by atoms with Crippen molar-refractivity contribution >= 4 is 22.5 Å². The Balaban J connectivity index is 1.12. The zero-order valence-corrected chi connectivity index (χ0v) is 16.4. The van der Waals surface area contributed by atoms with Crippen molar-refractivity contribution in [1.29, 1.82) is 0 Å². The highest BCUT2D eigenvalue weighted by molar-refractivity contribution is 5.97. The average molecular weight is 398 g/mol. The summed E-state index contributed by atoms with van der Waals surface area (Å²) in [4.78, 5) is 19.5. The van der Waals surface area contributed by atoms with E-state index in [0.29, 0.717) is 40.9 Å². The van der Waals surface area contributed by atoms with Gasteiger partial charge >= 0.3 is 0 Å². The molecule has 1 amide bonds. The molecule has 1 aliphatic carbocycles. The summed E-state index contributed by atoms with van der Waals surface area (Å²) in [6, 6.07) is 6.10. The fourth-order valence-corrected chi connectivity index (χ4v) is 5.11. The lowest BCUT2D eigenvalue weighted by atomic mass is 9.99. The number of nitrogen functional groups attached to an aromatic ring is 1. The largest absolute Gasteiger partial charge is 0.396 e. The zero-order valence-electron chi connectivity index (χ0n) is 16.4. The van der Waals surface area contributed by atoms with E-state index in [0.717, 1.165) is 32.2 Å². The van der Waals surface area contributed by atoms with Gasteiger partial charge in [-0.2, -0.15) is 0 Å². The number of anilines is 1. The van der Waals surface area contributed by atoms with Crippen LogP contribution in [0.5, 0.6) is 0 Å². The molecule has 3 fully saturated rings. The predicted octanol–water partition coefficient (Wildman–Crippen LogP) is 2.29. The molecular formula is C22H27FN4O2. The van der Waals surface area contributed by atoms with Crippen LogP contribution in [0.15, 0.2) is 24.3 Å². The normalized spacial score (nSPS) is 27.1. The number of hydrogen-bond donors (Lipinski definition) is 2. The quantitative estimate of drug-likeness (QED) is 0.756. The van der Waals surface area contributed by atoms with Gasteiger partial charge in [0.05, 0.1) is 11.2 Å². The number of carbonyl (C=O) groups is 1. The lowest BCUT2D eigenvalue weighted by molar-refractivity contribution is 0.0535. The molecule has 3 heterocycles. The second kappa shape index (κ2) is 7.54. The van der Waals surface area contributed by atoms with Crippen LogP contribution in [0.4, 0.5) is 10.1 Å². The van der Waals surface area contributed by atoms with Crippen molar-refractivity contribution in [3.63, 3.8) is 0 Å². The Morgan fingerprint density at radius 2 is 1.97 bits per heavy atom. The van der Waals surface area contributed by atoms with Gasteiger partial charge in [0, 0.05) is 44.8 Å². The smallest absolute Gasteiger partial charge is 0.269 e. The van der Waals surface area contributed by atoms with Gasteiger partial charge in [0.2, 0.25) is 0 Å². The minimum atomic E-state index is -0.470. The molecule has 29 heavy (non-hydrogen) atoms. The second-order valence-corrected chi connectivity index (χ2v) is 8.70. The molecule has 1 aromatic heterocycles. The molecule has 3 aliphatic rings. The fraction of sp³-hybridized carbons (Fsp3) is 0.545. The number of aromatic nitrogens is 1. The first-order valence-electron chi connectivity index (χ1n) is 10.5. The second-order valence-electron chi connectivity index (χ2n) is 8.70. The number of amides is 1. The number of hydrogen-bond acceptors (Lipinski definition) is 5. The molecule has 3 N–H and O–H groups in total. The highest BCUT2D eigenvalue weighted by atomic mass is 19.1. The Labute approximate surface area is 169 Å². The zero-order chi connectivity index (χ0) is 20.0. The van der Waals surface area contributed by atoms with Gasteiger partial charge in [0.15, 0.2) is 0 Å². The van der Waals surface area contributed by atoms with Crippen molar-refractivity contribution in [3.8, 4) is 0 Å². The van der Waals surface area contributed by atoms with Crippen molar-refractivity contribution in [2.75, 3.05) is 45.1 Å². The van der Waals surface area contributed by atoms with Crippen LogP contribution in [-0.4, -0.2) is 55.2 Å². The minimum Gasteiger partial charge on any atom is -0.396 e. The average Bonchev–Trinajstić information content (AvgIpc) is 3.20. The first-order valence-corrected chi connectivity index (χ1v) is 10.5. The number of nitrogens with one attached hydrogen (secondary N) is 1. The van der Waals surface area contributed by atoms with E-state index in [-0.39, 0.29) is 11.6 Å². The van der Waals surface area contributed by atoms with Crippen LogP contribution in [0.1, 0.15) is 23.3 Å². The van der Waals surface area contributed by atoms with E-state index < -0.39 is 5.82 Å². The number of nitrogens with zero attached hydrogens (tertiary/aromatic N) is 2. The number of ether oxygens (including phenoxy) is 1. The molecule has 2 unspecified atom stereocenters. The van der Waals surface area contributed by atoms with Crippen LogP contribution >= 0.6 is 0 Å². The standard InChI is InChI=1S/C22H27FN4O2/c23-18-2-4-19-14(21(18)24)1-3-20(26-19)22(28)25-9-15-16-11-27(12-17(15)16)10-13-5-7-29-8-6-13/h1-4,13,15-17H,5-12,24H2,(H,25,28). The number of pyridine rings is 1. The summed E-state index contributed by atoms with van der Waals surface area (Å²) in [5, 5.41) is 3.57. The maximum absolute atomic E-state index is 13.6. The Morgan fingerprint density at radius 1 is 1.21 bits per heavy atom. The summed E-state index contributed by atoms with van der Waals surface area (Å²) in [6.45, 7) is 6.02. The van der Waals surface area contributed by atoms with Gasteiger partial charge in [-0.25, -0.2) is 9.37 Å². The molecule has 0 bridgehead atoms. The van der Waals surface area contributed by atoms with Crippen LogP contribution in [0.3, 0.4) is 0 Å². The highest BCUT2D eigenvalue weighted by Gasteiger charge is 2.55. The van der Waals surface area contributed by atoms with Crippen molar-refractivity contribution in [1.82, 2.24) is 15.2 Å². The SMILES string of the molecule is Nc1c(F)ccc2nc(C(=O)NCC3C4CN(CC5CCOCC5)CC34)ccc12. The molecule has 2 aliphatic heterocycles. The number of carbonyl (C=O) groups excluding carboxylic acids is 1. The molecule has 154 valence electrons. The van der Waals surface area contributed by atoms with E-state index in [1.807, 2.05) is 0 Å². The van der Waals surface area contributed by atoms with Crippen LogP contribution in [-0.2, 0) is 4.74 Å². The highest BCUT2D eigenvalue weighted by Crippen LogP contribution is 2.51. The molecule has 7 heteroatoms. The monoisotopic (exact) mass is 398 g/mol. The molecular weight excluding hydrogens is 371 g/mol. The number of piperidine rings is 1. The topological polar surface area (TPSA) is 80.5 Å². The third kappa shape index (κ3) is 3.69. The fourth-order valence-electron chi connectivity index (χ4n) is 5.11. The summed E-state index contributed by atoms with van der Waals surface area (Å²) in [6.07, 6.45) is 2.37. The maximum Gasteiger partial charge on any atom is 0.269 e. The van der Waals surface area contributed by atoms with Crippen LogP contribution in [0.25, 0.3) is 10.9 Å². The van der Waals surface area contributed by atoms with E-state index in [4.69, 9.17) is 10.5 Å². The van der Waals surface area contributed by atoms with Gasteiger partial charge in [-0.15, -0.1) is 0 Å². The van der Waals surface area contributed by atoms with Gasteiger partial charge in [-0.3, -0.25) is 4.79 Å². The molecule has 0 spiro atoms. The van der Waals surface area contributed by atoms with E-state index >= 15 is 0 Å². The summed E-state index contributed by atoms with van der Waals surface area (Å²) < 4.78 is 19.0. The number of benzene rings is 1. The number of likely N-dealkylation sites (tertiary alicyclic amines) is 1. The van der Waals surface area contributed by atoms with Gasteiger partial charge in [0.25, 0.3) is 5.91 Å². The molecule has 2 saturated heterocycles. The predicted molar refractivity (Wildman–Crippen MR) is 109 cm³/mol. The Hall–Kier alpha value is -2.25. The molecule has 0 radical (unpaired) electrons. The van der Waals surface area contributed by atoms with E-state index in [1.54, 1.807) is 18.2 Å². The lowest BCUT2D eigenvalue weighted by Crippen LogP contribution is -2.34. The molecule has 1 saturated carbocycles. The number of halogens is 1. The first kappa shape index (κ1) is 18.8. The Bertz CT molecular complexity index is 918. The number of fused-ring (bicyclic) bond motifs is 2. The first-order chi connectivity index (χ1) is 14.1. The minimum absolute atomic E-state index is 0.0677. The molecule has 5 rings (SSSR count). The van der Waals surface area contributed by atoms with Gasteiger partial charge in [0.1, 0.15) is 11.5 Å². The Morgan fingerprint density at radius 3 is 2.72 bits per heavy atom. The van der Waals surface area contributed by atoms with Crippen molar-refractivity contribution in [2.24, 2.45) is 23.7 Å². The van der Waals surface area contributed by atoms with E-state index in [1.165, 1.54) is 25.5 Å². The lowest BCUT2D eigenvalue weighted by Gasteiger charge is -2.28. The third-order valence-electron chi connectivity index (χ3n) is 6.89. The maximum atomic E-state index is 13.6. The van der Waals surface area contributed by atoms with Crippen LogP contribution in [0, 0.1) is 29.5 Å². The van der Waals surface area contributed by atoms with Crippen LogP contribution < -0.4 is 11.1 Å². The van der Waals surface area contributed by atoms with E-state index in [9.17, 15) is 9.18 Å². The summed E-state index contributed by atoms with van der Waals surface area (Å²) in [5.41, 5.74) is 6.69. The van der Waals surface area contributed by atoms with Gasteiger partial charge in [-0.1, -0.05) is 0 Å². The molecule has 1 aromatic carbocycles. The summed E-state index contributed by atoms with van der Waals surface area (Å²) in [7, 11) is 0. The number of nitrogens with two attached hydrogens (primary N) is 1. The Kier molecular flexibility index (Phi) is 4.87. The van der Waals surface area contributed by atoms with E-state index in [2.05, 4.69) is 15.2 Å². The van der Waals surface area contributed by atoms with Crippen molar-refractivity contribution < 1.29 is 13.9 Å². The molecule has 2 atom stereocenters. The van der Waals surface area contributed by atoms with Crippen molar-refractivity contribution in [3.05, 3.63) is 35.8 Å². The molecule has 6 nitrogen and oxygen atoms in total. The third-order valence-corrected chi connectivity index (χ3v) is 6.89. The summed E-state index contributed by atoms with van der Waals surface area (Å²) >= 11 is 0. The van der Waals surface area contributed by atoms with Crippen molar-refractivity contribution in [2.45, 2.75) is 12.8 Å². The number of rotatable bonds is 5. The molecule has 2 aromatic rings. The summed E-state index contributed by atoms with van der Waals surface area (Å²) in [5.74, 6) is 2.13. The van der Waals surface area contributed by atoms with Crippen LogP contribution in [0.2, 0.25) is 0 Å². The van der Waals surface area contributed by atoms with Gasteiger partial charge in [-0.05, 0) is 60.8 Å².